The maximum absolute atomic E-state index is 6.82. The molecule has 0 atom stereocenters. The second-order valence-corrected chi connectivity index (χ2v) is 13.9. The van der Waals surface area contributed by atoms with E-state index in [1.807, 2.05) is 24.3 Å². The van der Waals surface area contributed by atoms with Gasteiger partial charge in [-0.2, -0.15) is 0 Å². The van der Waals surface area contributed by atoms with Crippen LogP contribution < -0.4 is 4.90 Å². The van der Waals surface area contributed by atoms with Crippen molar-refractivity contribution in [1.82, 2.24) is 4.98 Å². The lowest BCUT2D eigenvalue weighted by molar-refractivity contribution is 0.620. The SMILES string of the molecule is c1ccc(-c2ccc(N(c3ccccc3)c3ccc(-c4ccc5c(c4)oc4c6ccccc6cc(-c6nc7ccccc7o6)c54)c4ccccc34)cc2)cc1. The average Bonchev–Trinajstić information content (AvgIpc) is 3.87. The molecule has 0 aliphatic heterocycles. The Bertz CT molecular complexity index is 3170. The lowest BCUT2D eigenvalue weighted by Crippen LogP contribution is -2.10. The van der Waals surface area contributed by atoms with Gasteiger partial charge in [0.1, 0.15) is 16.7 Å². The van der Waals surface area contributed by atoms with E-state index in [4.69, 9.17) is 13.8 Å². The molecule has 0 fully saturated rings. The van der Waals surface area contributed by atoms with Crippen molar-refractivity contribution in [2.45, 2.75) is 0 Å². The Balaban J connectivity index is 1.07. The molecular formula is C51H32N2O2. The van der Waals surface area contributed by atoms with Crippen molar-refractivity contribution in [1.29, 1.82) is 0 Å². The fraction of sp³-hybridized carbons (Fsp3) is 0. The zero-order valence-corrected chi connectivity index (χ0v) is 29.7. The van der Waals surface area contributed by atoms with E-state index in [2.05, 4.69) is 175 Å². The first-order valence-electron chi connectivity index (χ1n) is 18.5. The van der Waals surface area contributed by atoms with Gasteiger partial charge in [-0.15, -0.1) is 0 Å². The highest BCUT2D eigenvalue weighted by Crippen LogP contribution is 2.45. The van der Waals surface area contributed by atoms with Crippen LogP contribution in [0.2, 0.25) is 0 Å². The summed E-state index contributed by atoms with van der Waals surface area (Å²) in [4.78, 5) is 7.25. The molecule has 0 amide bonds. The van der Waals surface area contributed by atoms with Crippen LogP contribution in [0, 0.1) is 0 Å². The van der Waals surface area contributed by atoms with Crippen LogP contribution in [0.15, 0.2) is 203 Å². The number of rotatable bonds is 6. The molecule has 0 unspecified atom stereocenters. The molecule has 11 aromatic rings. The minimum absolute atomic E-state index is 0.586. The molecule has 0 radical (unpaired) electrons. The highest BCUT2D eigenvalue weighted by Gasteiger charge is 2.22. The molecule has 11 rings (SSSR count). The molecule has 2 aromatic heterocycles. The van der Waals surface area contributed by atoms with E-state index in [1.54, 1.807) is 0 Å². The van der Waals surface area contributed by atoms with Crippen molar-refractivity contribution in [3.63, 3.8) is 0 Å². The number of anilines is 3. The normalized spacial score (nSPS) is 11.6. The van der Waals surface area contributed by atoms with Crippen molar-refractivity contribution in [2.75, 3.05) is 4.90 Å². The zero-order chi connectivity index (χ0) is 36.3. The number of hydrogen-bond donors (Lipinski definition) is 0. The van der Waals surface area contributed by atoms with E-state index in [-0.39, 0.29) is 0 Å². The number of oxazole rings is 1. The number of fused-ring (bicyclic) bond motifs is 7. The van der Waals surface area contributed by atoms with Gasteiger partial charge in [0.15, 0.2) is 5.58 Å². The van der Waals surface area contributed by atoms with Crippen LogP contribution in [0.4, 0.5) is 17.1 Å². The van der Waals surface area contributed by atoms with Gasteiger partial charge in [-0.3, -0.25) is 0 Å². The summed E-state index contributed by atoms with van der Waals surface area (Å²) in [5.41, 5.74) is 12.1. The molecule has 0 saturated carbocycles. The summed E-state index contributed by atoms with van der Waals surface area (Å²) in [6, 6.07) is 68.1. The quantitative estimate of drug-likeness (QED) is 0.173. The number of hydrogen-bond acceptors (Lipinski definition) is 4. The second kappa shape index (κ2) is 12.6. The Morgan fingerprint density at radius 3 is 1.87 bits per heavy atom. The summed E-state index contributed by atoms with van der Waals surface area (Å²) in [6.45, 7) is 0. The highest BCUT2D eigenvalue weighted by molar-refractivity contribution is 6.21. The van der Waals surface area contributed by atoms with E-state index in [9.17, 15) is 0 Å². The van der Waals surface area contributed by atoms with E-state index in [0.29, 0.717) is 5.89 Å². The Morgan fingerprint density at radius 1 is 0.400 bits per heavy atom. The molecule has 0 saturated heterocycles. The molecule has 0 spiro atoms. The zero-order valence-electron chi connectivity index (χ0n) is 29.7. The van der Waals surface area contributed by atoms with Gasteiger partial charge >= 0.3 is 0 Å². The highest BCUT2D eigenvalue weighted by atomic mass is 16.3. The van der Waals surface area contributed by atoms with Crippen LogP contribution in [0.5, 0.6) is 0 Å². The lowest BCUT2D eigenvalue weighted by Gasteiger charge is -2.27. The van der Waals surface area contributed by atoms with Gasteiger partial charge in [-0.1, -0.05) is 133 Å². The molecule has 0 aliphatic rings. The number of para-hydroxylation sites is 3. The molecule has 0 N–H and O–H groups in total. The van der Waals surface area contributed by atoms with Crippen LogP contribution in [0.25, 0.3) is 88.3 Å². The maximum atomic E-state index is 6.82. The third kappa shape index (κ3) is 5.19. The van der Waals surface area contributed by atoms with Crippen molar-refractivity contribution >= 4 is 71.6 Å². The minimum Gasteiger partial charge on any atom is -0.455 e. The summed E-state index contributed by atoms with van der Waals surface area (Å²) in [5.74, 6) is 0.586. The molecule has 9 aromatic carbocycles. The topological polar surface area (TPSA) is 42.4 Å². The lowest BCUT2D eigenvalue weighted by atomic mass is 9.95. The monoisotopic (exact) mass is 704 g/mol. The Morgan fingerprint density at radius 2 is 1.05 bits per heavy atom. The first-order chi connectivity index (χ1) is 27.3. The van der Waals surface area contributed by atoms with Crippen molar-refractivity contribution < 1.29 is 8.83 Å². The van der Waals surface area contributed by atoms with E-state index in [1.165, 1.54) is 11.1 Å². The van der Waals surface area contributed by atoms with Gasteiger partial charge in [0.2, 0.25) is 5.89 Å². The van der Waals surface area contributed by atoms with Crippen LogP contribution in [0.1, 0.15) is 0 Å². The molecule has 0 bridgehead atoms. The fourth-order valence-electron chi connectivity index (χ4n) is 8.10. The largest absolute Gasteiger partial charge is 0.455 e. The average molecular weight is 705 g/mol. The number of benzene rings is 9. The van der Waals surface area contributed by atoms with Crippen molar-refractivity contribution in [3.05, 3.63) is 194 Å². The van der Waals surface area contributed by atoms with Gasteiger partial charge in [-0.25, -0.2) is 4.98 Å². The van der Waals surface area contributed by atoms with Crippen LogP contribution in [0.3, 0.4) is 0 Å². The van der Waals surface area contributed by atoms with Crippen LogP contribution in [-0.2, 0) is 0 Å². The first-order valence-corrected chi connectivity index (χ1v) is 18.5. The Hall–Kier alpha value is -7.43. The number of nitrogens with zero attached hydrogens (tertiary/aromatic N) is 2. The Kier molecular flexibility index (Phi) is 7.14. The first kappa shape index (κ1) is 31.1. The summed E-state index contributed by atoms with van der Waals surface area (Å²) < 4.78 is 13.2. The summed E-state index contributed by atoms with van der Waals surface area (Å²) in [6.07, 6.45) is 0. The summed E-state index contributed by atoms with van der Waals surface area (Å²) >= 11 is 0. The van der Waals surface area contributed by atoms with Gasteiger partial charge in [0, 0.05) is 38.5 Å². The maximum Gasteiger partial charge on any atom is 0.228 e. The van der Waals surface area contributed by atoms with Crippen LogP contribution >= 0.6 is 0 Å². The third-order valence-corrected chi connectivity index (χ3v) is 10.7. The van der Waals surface area contributed by atoms with Crippen LogP contribution in [-0.4, -0.2) is 4.98 Å². The third-order valence-electron chi connectivity index (χ3n) is 10.7. The minimum atomic E-state index is 0.586. The van der Waals surface area contributed by atoms with E-state index in [0.717, 1.165) is 88.3 Å². The van der Waals surface area contributed by atoms with Gasteiger partial charge < -0.3 is 13.7 Å². The fourth-order valence-corrected chi connectivity index (χ4v) is 8.10. The number of aromatic nitrogens is 1. The second-order valence-electron chi connectivity index (χ2n) is 13.9. The summed E-state index contributed by atoms with van der Waals surface area (Å²) in [7, 11) is 0. The molecule has 2 heterocycles. The summed E-state index contributed by atoms with van der Waals surface area (Å²) in [5, 5.41) is 6.48. The predicted octanol–water partition coefficient (Wildman–Crippen LogP) is 14.5. The van der Waals surface area contributed by atoms with E-state index >= 15 is 0 Å². The van der Waals surface area contributed by atoms with Gasteiger partial charge in [0.05, 0.1) is 5.69 Å². The standard InChI is InChI=1S/C51H32N2O2/c1-3-13-33(14-4-1)34-23-26-38(27-24-34)53(37-16-5-2-6-17-37)46-30-29-39(41-19-9-10-20-42(41)46)36-25-28-43-48(32-36)54-50-40-18-8-7-15-35(40)31-44(49(43)50)51-52-45-21-11-12-22-47(45)55-51/h1-32H. The molecule has 258 valence electrons. The van der Waals surface area contributed by atoms with Gasteiger partial charge in [0.25, 0.3) is 0 Å². The molecule has 4 nitrogen and oxygen atoms in total. The van der Waals surface area contributed by atoms with Crippen molar-refractivity contribution in [3.8, 4) is 33.7 Å². The Labute approximate surface area is 317 Å². The molecule has 0 aliphatic carbocycles. The molecular weight excluding hydrogens is 673 g/mol. The van der Waals surface area contributed by atoms with Gasteiger partial charge in [-0.05, 0) is 93.7 Å². The van der Waals surface area contributed by atoms with E-state index < -0.39 is 0 Å². The predicted molar refractivity (Wildman–Crippen MR) is 227 cm³/mol. The van der Waals surface area contributed by atoms with Crippen molar-refractivity contribution in [2.24, 2.45) is 0 Å². The smallest absolute Gasteiger partial charge is 0.228 e. The molecule has 4 heteroatoms. The number of furan rings is 1. The molecule has 55 heavy (non-hydrogen) atoms.